The number of nitrogens with two attached hydrogens (primary N) is 1. The van der Waals surface area contributed by atoms with Crippen molar-refractivity contribution in [3.8, 4) is 0 Å². The van der Waals surface area contributed by atoms with Crippen molar-refractivity contribution in [2.45, 2.75) is 23.6 Å². The molecule has 0 atom stereocenters. The Morgan fingerprint density at radius 3 is 2.12 bits per heavy atom. The van der Waals surface area contributed by atoms with Crippen LogP contribution in [0.15, 0.2) is 52.3 Å². The van der Waals surface area contributed by atoms with Crippen molar-refractivity contribution in [3.63, 3.8) is 0 Å². The summed E-state index contributed by atoms with van der Waals surface area (Å²) in [6, 6.07) is 14.7. The van der Waals surface area contributed by atoms with Crippen molar-refractivity contribution >= 4 is 17.4 Å². The fraction of sp³-hybridized carbons (Fsp3) is 0.143. The minimum atomic E-state index is 0.858. The molecule has 0 saturated carbocycles. The first-order valence-corrected chi connectivity index (χ1v) is 6.07. The van der Waals surface area contributed by atoms with Crippen LogP contribution < -0.4 is 5.73 Å². The molecule has 0 aliphatic carbocycles. The SMILES string of the molecule is Cc1ccc(Sc2ccc(C)c(N)c2)cc1. The van der Waals surface area contributed by atoms with Crippen LogP contribution in [0.5, 0.6) is 0 Å². The van der Waals surface area contributed by atoms with Gasteiger partial charge < -0.3 is 5.73 Å². The Hall–Kier alpha value is -1.41. The maximum Gasteiger partial charge on any atom is 0.0355 e. The maximum atomic E-state index is 5.89. The average Bonchev–Trinajstić information content (AvgIpc) is 2.27. The van der Waals surface area contributed by atoms with Crippen molar-refractivity contribution in [2.24, 2.45) is 0 Å². The molecule has 2 aromatic carbocycles. The van der Waals surface area contributed by atoms with Gasteiger partial charge in [0.1, 0.15) is 0 Å². The van der Waals surface area contributed by atoms with Crippen molar-refractivity contribution in [1.29, 1.82) is 0 Å². The highest BCUT2D eigenvalue weighted by atomic mass is 32.2. The molecule has 82 valence electrons. The average molecular weight is 229 g/mol. The van der Waals surface area contributed by atoms with Crippen molar-refractivity contribution < 1.29 is 0 Å². The Morgan fingerprint density at radius 2 is 1.50 bits per heavy atom. The monoisotopic (exact) mass is 229 g/mol. The van der Waals surface area contributed by atoms with E-state index in [2.05, 4.69) is 43.3 Å². The van der Waals surface area contributed by atoms with Crippen LogP contribution >= 0.6 is 11.8 Å². The van der Waals surface area contributed by atoms with Gasteiger partial charge in [0.2, 0.25) is 0 Å². The summed E-state index contributed by atoms with van der Waals surface area (Å²) in [5.41, 5.74) is 9.16. The number of nitrogen functional groups attached to an aromatic ring is 1. The normalized spacial score (nSPS) is 10.4. The standard InChI is InChI=1S/C14H15NS/c1-10-3-6-12(7-4-10)16-13-8-5-11(2)14(15)9-13/h3-9H,15H2,1-2H3. The van der Waals surface area contributed by atoms with Crippen LogP contribution in [0.2, 0.25) is 0 Å². The van der Waals surface area contributed by atoms with E-state index in [1.54, 1.807) is 11.8 Å². The molecule has 2 heteroatoms. The first kappa shape index (κ1) is 11.1. The minimum absolute atomic E-state index is 0.858. The van der Waals surface area contributed by atoms with Gasteiger partial charge in [0.15, 0.2) is 0 Å². The number of rotatable bonds is 2. The van der Waals surface area contributed by atoms with Crippen LogP contribution in [0.3, 0.4) is 0 Å². The van der Waals surface area contributed by atoms with E-state index in [1.165, 1.54) is 15.4 Å². The predicted octanol–water partition coefficient (Wildman–Crippen LogP) is 4.04. The second-order valence-electron chi connectivity index (χ2n) is 3.93. The van der Waals surface area contributed by atoms with Gasteiger partial charge in [-0.05, 0) is 43.7 Å². The molecular weight excluding hydrogens is 214 g/mol. The van der Waals surface area contributed by atoms with Crippen LogP contribution in [0.1, 0.15) is 11.1 Å². The van der Waals surface area contributed by atoms with E-state index in [9.17, 15) is 0 Å². The van der Waals surface area contributed by atoms with Crippen LogP contribution in [0, 0.1) is 13.8 Å². The van der Waals surface area contributed by atoms with Crippen LogP contribution in [-0.2, 0) is 0 Å². The molecule has 0 radical (unpaired) electrons. The number of aryl methyl sites for hydroxylation is 2. The van der Waals surface area contributed by atoms with E-state index in [0.29, 0.717) is 0 Å². The molecule has 1 nitrogen and oxygen atoms in total. The van der Waals surface area contributed by atoms with Gasteiger partial charge in [-0.15, -0.1) is 0 Å². The lowest BCUT2D eigenvalue weighted by Crippen LogP contribution is -1.88. The van der Waals surface area contributed by atoms with Crippen LogP contribution in [0.4, 0.5) is 5.69 Å². The van der Waals surface area contributed by atoms with E-state index < -0.39 is 0 Å². The van der Waals surface area contributed by atoms with E-state index in [0.717, 1.165) is 11.3 Å². The number of anilines is 1. The number of hydrogen-bond acceptors (Lipinski definition) is 2. The smallest absolute Gasteiger partial charge is 0.0355 e. The third-order valence-corrected chi connectivity index (χ3v) is 3.50. The molecule has 16 heavy (non-hydrogen) atoms. The highest BCUT2D eigenvalue weighted by Gasteiger charge is 1.99. The Balaban J connectivity index is 2.20. The van der Waals surface area contributed by atoms with Gasteiger partial charge in [-0.2, -0.15) is 0 Å². The third kappa shape index (κ3) is 2.58. The Morgan fingerprint density at radius 1 is 0.875 bits per heavy atom. The van der Waals surface area contributed by atoms with Gasteiger partial charge in [0.25, 0.3) is 0 Å². The summed E-state index contributed by atoms with van der Waals surface area (Å²) in [4.78, 5) is 2.43. The molecule has 0 unspecified atom stereocenters. The van der Waals surface area contributed by atoms with E-state index >= 15 is 0 Å². The molecule has 2 aromatic rings. The largest absolute Gasteiger partial charge is 0.398 e. The second-order valence-corrected chi connectivity index (χ2v) is 5.08. The molecule has 0 spiro atoms. The summed E-state index contributed by atoms with van der Waals surface area (Å²) in [5, 5.41) is 0. The molecule has 0 aliphatic rings. The van der Waals surface area contributed by atoms with Crippen LogP contribution in [0.25, 0.3) is 0 Å². The highest BCUT2D eigenvalue weighted by molar-refractivity contribution is 7.99. The summed E-state index contributed by atoms with van der Waals surface area (Å²) < 4.78 is 0. The van der Waals surface area contributed by atoms with Crippen molar-refractivity contribution in [3.05, 3.63) is 53.6 Å². The highest BCUT2D eigenvalue weighted by Crippen LogP contribution is 2.29. The first-order valence-electron chi connectivity index (χ1n) is 5.26. The maximum absolute atomic E-state index is 5.89. The van der Waals surface area contributed by atoms with Gasteiger partial charge in [-0.1, -0.05) is 35.5 Å². The first-order chi connectivity index (χ1) is 7.65. The number of hydrogen-bond donors (Lipinski definition) is 1. The predicted molar refractivity (Wildman–Crippen MR) is 70.9 cm³/mol. The van der Waals surface area contributed by atoms with E-state index in [1.807, 2.05) is 13.0 Å². The van der Waals surface area contributed by atoms with E-state index in [-0.39, 0.29) is 0 Å². The van der Waals surface area contributed by atoms with Crippen molar-refractivity contribution in [2.75, 3.05) is 5.73 Å². The summed E-state index contributed by atoms with van der Waals surface area (Å²) in [6.45, 7) is 4.12. The zero-order valence-electron chi connectivity index (χ0n) is 9.53. The summed E-state index contributed by atoms with van der Waals surface area (Å²) in [5.74, 6) is 0. The van der Waals surface area contributed by atoms with Gasteiger partial charge in [-0.25, -0.2) is 0 Å². The topological polar surface area (TPSA) is 26.0 Å². The minimum Gasteiger partial charge on any atom is -0.398 e. The zero-order valence-corrected chi connectivity index (χ0v) is 10.3. The number of benzene rings is 2. The van der Waals surface area contributed by atoms with Gasteiger partial charge in [0, 0.05) is 15.5 Å². The summed E-state index contributed by atoms with van der Waals surface area (Å²) in [7, 11) is 0. The van der Waals surface area contributed by atoms with Gasteiger partial charge in [0.05, 0.1) is 0 Å². The zero-order chi connectivity index (χ0) is 11.5. The lowest BCUT2D eigenvalue weighted by atomic mass is 10.2. The molecule has 0 heterocycles. The Bertz CT molecular complexity index is 489. The molecule has 2 N–H and O–H groups in total. The molecular formula is C14H15NS. The third-order valence-electron chi connectivity index (χ3n) is 2.51. The van der Waals surface area contributed by atoms with Gasteiger partial charge >= 0.3 is 0 Å². The summed E-state index contributed by atoms with van der Waals surface area (Å²) in [6.07, 6.45) is 0. The van der Waals surface area contributed by atoms with Crippen LogP contribution in [-0.4, -0.2) is 0 Å². The fourth-order valence-corrected chi connectivity index (χ4v) is 2.29. The van der Waals surface area contributed by atoms with Crippen molar-refractivity contribution in [1.82, 2.24) is 0 Å². The van der Waals surface area contributed by atoms with E-state index in [4.69, 9.17) is 5.73 Å². The Kier molecular flexibility index (Phi) is 3.20. The molecule has 2 rings (SSSR count). The molecule has 0 bridgehead atoms. The van der Waals surface area contributed by atoms with Gasteiger partial charge in [-0.3, -0.25) is 0 Å². The molecule has 0 amide bonds. The fourth-order valence-electron chi connectivity index (χ4n) is 1.42. The Labute approximate surface area is 101 Å². The lowest BCUT2D eigenvalue weighted by Gasteiger charge is -2.05. The molecule has 0 saturated heterocycles. The molecule has 0 fully saturated rings. The quantitative estimate of drug-likeness (QED) is 0.787. The second kappa shape index (κ2) is 4.62. The molecule has 0 aliphatic heterocycles. The summed E-state index contributed by atoms with van der Waals surface area (Å²) >= 11 is 1.74. The lowest BCUT2D eigenvalue weighted by molar-refractivity contribution is 1.34. The molecule has 0 aromatic heterocycles.